The summed E-state index contributed by atoms with van der Waals surface area (Å²) >= 11 is 0. The van der Waals surface area contributed by atoms with Crippen molar-refractivity contribution in [3.63, 3.8) is 0 Å². The topological polar surface area (TPSA) is 85.2 Å². The molecule has 128 valence electrons. The van der Waals surface area contributed by atoms with Crippen molar-refractivity contribution in [2.24, 2.45) is 11.1 Å². The number of aromatic nitrogens is 2. The van der Waals surface area contributed by atoms with E-state index in [4.69, 9.17) is 10.3 Å². The Balaban J connectivity index is 1.72. The maximum absolute atomic E-state index is 12.5. The third-order valence-corrected chi connectivity index (χ3v) is 5.08. The van der Waals surface area contributed by atoms with Crippen LogP contribution in [-0.4, -0.2) is 34.0 Å². The number of rotatable bonds is 2. The summed E-state index contributed by atoms with van der Waals surface area (Å²) in [5.74, 6) is 1.60. The first-order valence-corrected chi connectivity index (χ1v) is 8.72. The van der Waals surface area contributed by atoms with E-state index in [9.17, 15) is 4.79 Å². The molecule has 1 aromatic heterocycles. The monoisotopic (exact) mass is 320 g/mol. The minimum absolute atomic E-state index is 0.126. The molecular weight excluding hydrogens is 292 g/mol. The lowest BCUT2D eigenvalue weighted by molar-refractivity contribution is -0.140. The number of carbonyl (C=O) groups is 1. The standard InChI is InChI=1S/C17H28N4O2/c1-16(2,3)15(22)21-10-6-7-12(11-21)13-19-14(20-23-13)17(18)8-4-5-9-17/h12H,4-11,18H2,1-3H3. The number of nitrogens with zero attached hydrogens (tertiary/aromatic N) is 3. The molecule has 1 amide bonds. The SMILES string of the molecule is CC(C)(C)C(=O)N1CCCC(c2nc(C3(N)CCCC3)no2)C1. The normalized spacial score (nSPS) is 24.9. The summed E-state index contributed by atoms with van der Waals surface area (Å²) in [7, 11) is 0. The summed E-state index contributed by atoms with van der Waals surface area (Å²) < 4.78 is 5.52. The van der Waals surface area contributed by atoms with Crippen LogP contribution in [-0.2, 0) is 10.3 Å². The lowest BCUT2D eigenvalue weighted by atomic mass is 9.91. The van der Waals surface area contributed by atoms with Crippen LogP contribution in [0.25, 0.3) is 0 Å². The third-order valence-electron chi connectivity index (χ3n) is 5.08. The van der Waals surface area contributed by atoms with Gasteiger partial charge in [0, 0.05) is 18.5 Å². The van der Waals surface area contributed by atoms with Gasteiger partial charge in [-0.15, -0.1) is 0 Å². The molecule has 6 nitrogen and oxygen atoms in total. The van der Waals surface area contributed by atoms with Crippen molar-refractivity contribution in [1.82, 2.24) is 15.0 Å². The van der Waals surface area contributed by atoms with E-state index in [2.05, 4.69) is 10.1 Å². The molecule has 1 aliphatic carbocycles. The molecule has 2 aliphatic rings. The Labute approximate surface area is 137 Å². The molecule has 0 aromatic carbocycles. The fourth-order valence-corrected chi connectivity index (χ4v) is 3.67. The van der Waals surface area contributed by atoms with Crippen molar-refractivity contribution >= 4 is 5.91 Å². The Morgan fingerprint density at radius 3 is 2.65 bits per heavy atom. The second-order valence-electron chi connectivity index (χ2n) is 8.16. The van der Waals surface area contributed by atoms with Crippen LogP contribution >= 0.6 is 0 Å². The van der Waals surface area contributed by atoms with Gasteiger partial charge in [-0.05, 0) is 25.7 Å². The molecule has 1 atom stereocenters. The van der Waals surface area contributed by atoms with E-state index >= 15 is 0 Å². The van der Waals surface area contributed by atoms with Gasteiger partial charge < -0.3 is 15.2 Å². The first-order chi connectivity index (χ1) is 10.8. The zero-order valence-corrected chi connectivity index (χ0v) is 14.5. The predicted molar refractivity (Wildman–Crippen MR) is 86.6 cm³/mol. The van der Waals surface area contributed by atoms with E-state index in [-0.39, 0.29) is 17.2 Å². The van der Waals surface area contributed by atoms with Crippen molar-refractivity contribution < 1.29 is 9.32 Å². The van der Waals surface area contributed by atoms with Crippen LogP contribution in [0.15, 0.2) is 4.52 Å². The van der Waals surface area contributed by atoms with Gasteiger partial charge in [0.2, 0.25) is 11.8 Å². The Morgan fingerprint density at radius 1 is 1.30 bits per heavy atom. The molecule has 1 aliphatic heterocycles. The molecule has 1 aromatic rings. The van der Waals surface area contributed by atoms with Crippen molar-refractivity contribution in [2.45, 2.75) is 70.8 Å². The third kappa shape index (κ3) is 3.27. The molecule has 0 spiro atoms. The first-order valence-electron chi connectivity index (χ1n) is 8.72. The van der Waals surface area contributed by atoms with Gasteiger partial charge in [-0.25, -0.2) is 0 Å². The Kier molecular flexibility index (Phi) is 4.21. The van der Waals surface area contributed by atoms with Gasteiger partial charge in [0.25, 0.3) is 0 Å². The van der Waals surface area contributed by atoms with Gasteiger partial charge in [0.05, 0.1) is 11.5 Å². The molecule has 0 bridgehead atoms. The lowest BCUT2D eigenvalue weighted by Gasteiger charge is -2.35. The molecule has 0 radical (unpaired) electrons. The van der Waals surface area contributed by atoms with Gasteiger partial charge in [-0.1, -0.05) is 38.8 Å². The Morgan fingerprint density at radius 2 is 2.00 bits per heavy atom. The van der Waals surface area contributed by atoms with E-state index in [1.807, 2.05) is 25.7 Å². The minimum atomic E-state index is -0.419. The summed E-state index contributed by atoms with van der Waals surface area (Å²) in [6.07, 6.45) is 6.04. The highest BCUT2D eigenvalue weighted by atomic mass is 16.5. The Hall–Kier alpha value is -1.43. The van der Waals surface area contributed by atoms with Gasteiger partial charge in [0.15, 0.2) is 5.82 Å². The molecule has 1 saturated heterocycles. The van der Waals surface area contributed by atoms with Crippen molar-refractivity contribution in [2.75, 3.05) is 13.1 Å². The molecule has 6 heteroatoms. The molecule has 1 unspecified atom stereocenters. The quantitative estimate of drug-likeness (QED) is 0.905. The fourth-order valence-electron chi connectivity index (χ4n) is 3.67. The smallest absolute Gasteiger partial charge is 0.231 e. The zero-order chi connectivity index (χ0) is 16.7. The number of hydrogen-bond donors (Lipinski definition) is 1. The molecular formula is C17H28N4O2. The predicted octanol–water partition coefficient (Wildman–Crippen LogP) is 2.55. The number of nitrogens with two attached hydrogens (primary N) is 1. The summed E-state index contributed by atoms with van der Waals surface area (Å²) in [5, 5.41) is 4.15. The number of likely N-dealkylation sites (tertiary alicyclic amines) is 1. The van der Waals surface area contributed by atoms with Crippen LogP contribution in [0.2, 0.25) is 0 Å². The van der Waals surface area contributed by atoms with Crippen molar-refractivity contribution in [3.05, 3.63) is 11.7 Å². The zero-order valence-electron chi connectivity index (χ0n) is 14.5. The first kappa shape index (κ1) is 16.4. The van der Waals surface area contributed by atoms with E-state index < -0.39 is 5.54 Å². The van der Waals surface area contributed by atoms with E-state index in [1.165, 1.54) is 0 Å². The molecule has 3 rings (SSSR count). The summed E-state index contributed by atoms with van der Waals surface area (Å²) in [6.45, 7) is 7.36. The van der Waals surface area contributed by atoms with Crippen LogP contribution in [0, 0.1) is 5.41 Å². The average molecular weight is 320 g/mol. The summed E-state index contributed by atoms with van der Waals surface area (Å²) in [5.41, 5.74) is 5.63. The number of amides is 1. The van der Waals surface area contributed by atoms with Crippen LogP contribution in [0.5, 0.6) is 0 Å². The molecule has 1 saturated carbocycles. The molecule has 23 heavy (non-hydrogen) atoms. The highest BCUT2D eigenvalue weighted by molar-refractivity contribution is 5.81. The van der Waals surface area contributed by atoms with Crippen LogP contribution in [0.1, 0.15) is 76.9 Å². The highest BCUT2D eigenvalue weighted by Gasteiger charge is 2.38. The molecule has 2 fully saturated rings. The average Bonchev–Trinajstić information content (AvgIpc) is 3.15. The maximum atomic E-state index is 12.5. The van der Waals surface area contributed by atoms with Gasteiger partial charge in [0.1, 0.15) is 0 Å². The second-order valence-corrected chi connectivity index (χ2v) is 8.16. The van der Waals surface area contributed by atoms with E-state index in [0.29, 0.717) is 18.3 Å². The van der Waals surface area contributed by atoms with E-state index in [0.717, 1.165) is 45.1 Å². The summed E-state index contributed by atoms with van der Waals surface area (Å²) in [6, 6.07) is 0. The van der Waals surface area contributed by atoms with Crippen LogP contribution in [0.3, 0.4) is 0 Å². The van der Waals surface area contributed by atoms with E-state index in [1.54, 1.807) is 0 Å². The van der Waals surface area contributed by atoms with Crippen LogP contribution < -0.4 is 5.73 Å². The number of hydrogen-bond acceptors (Lipinski definition) is 5. The summed E-state index contributed by atoms with van der Waals surface area (Å²) in [4.78, 5) is 19.0. The van der Waals surface area contributed by atoms with Gasteiger partial charge >= 0.3 is 0 Å². The largest absolute Gasteiger partial charge is 0.341 e. The highest BCUT2D eigenvalue weighted by Crippen LogP contribution is 2.36. The van der Waals surface area contributed by atoms with Gasteiger partial charge in [-0.2, -0.15) is 4.98 Å². The molecule has 2 heterocycles. The lowest BCUT2D eigenvalue weighted by Crippen LogP contribution is -2.44. The fraction of sp³-hybridized carbons (Fsp3) is 0.824. The second kappa shape index (κ2) is 5.89. The van der Waals surface area contributed by atoms with Crippen molar-refractivity contribution in [3.8, 4) is 0 Å². The minimum Gasteiger partial charge on any atom is -0.341 e. The van der Waals surface area contributed by atoms with Crippen LogP contribution in [0.4, 0.5) is 0 Å². The Bertz CT molecular complexity index is 569. The molecule has 2 N–H and O–H groups in total. The van der Waals surface area contributed by atoms with Gasteiger partial charge in [-0.3, -0.25) is 4.79 Å². The number of carbonyl (C=O) groups excluding carboxylic acids is 1. The van der Waals surface area contributed by atoms with Crippen molar-refractivity contribution in [1.29, 1.82) is 0 Å². The number of piperidine rings is 1. The maximum Gasteiger partial charge on any atom is 0.231 e.